The van der Waals surface area contributed by atoms with Gasteiger partial charge < -0.3 is 4.74 Å². The van der Waals surface area contributed by atoms with E-state index in [2.05, 4.69) is 31.7 Å². The number of ether oxygens (including phenoxy) is 1. The Morgan fingerprint density at radius 1 is 1.33 bits per heavy atom. The highest BCUT2D eigenvalue weighted by Gasteiger charge is 2.32. The van der Waals surface area contributed by atoms with Gasteiger partial charge in [0.15, 0.2) is 0 Å². The van der Waals surface area contributed by atoms with Gasteiger partial charge in [-0.05, 0) is 24.5 Å². The molecule has 0 bridgehead atoms. The average Bonchev–Trinajstić information content (AvgIpc) is 2.42. The van der Waals surface area contributed by atoms with E-state index in [0.29, 0.717) is 0 Å². The molecule has 1 unspecified atom stereocenters. The molecule has 0 N–H and O–H groups in total. The van der Waals surface area contributed by atoms with Crippen LogP contribution in [0.4, 0.5) is 0 Å². The fourth-order valence-corrected chi connectivity index (χ4v) is 2.29. The summed E-state index contributed by atoms with van der Waals surface area (Å²) >= 11 is 0. The molecule has 0 aliphatic heterocycles. The van der Waals surface area contributed by atoms with Gasteiger partial charge in [0.2, 0.25) is 0 Å². The molecule has 1 atom stereocenters. The number of rotatable bonds is 6. The van der Waals surface area contributed by atoms with Gasteiger partial charge >= 0.3 is 0 Å². The van der Waals surface area contributed by atoms with Crippen molar-refractivity contribution in [2.75, 3.05) is 7.11 Å². The van der Waals surface area contributed by atoms with Crippen LogP contribution in [0.1, 0.15) is 25.8 Å². The van der Waals surface area contributed by atoms with E-state index >= 15 is 0 Å². The molecule has 0 saturated carbocycles. The molecule has 0 heterocycles. The smallest absolute Gasteiger partial charge is 0.117 e. The van der Waals surface area contributed by atoms with Gasteiger partial charge in [-0.25, -0.2) is 0 Å². The van der Waals surface area contributed by atoms with E-state index in [1.54, 1.807) is 7.11 Å². The van der Waals surface area contributed by atoms with E-state index in [1.807, 2.05) is 43.4 Å². The van der Waals surface area contributed by atoms with Gasteiger partial charge in [-0.15, -0.1) is 0 Å². The first kappa shape index (κ1) is 14.5. The molecule has 96 valence electrons. The Labute approximate surface area is 110 Å². The Bertz CT molecular complexity index is 422. The third-order valence-electron chi connectivity index (χ3n) is 3.20. The standard InChI is InChI=1S/C17H22O/c1-5-11-15(12-6-2)17(7-3,18-4)16-13-9-8-10-14-16/h5-6,8-14H,1,7H2,2-4H3/b12-6-,15-11+. The van der Waals surface area contributed by atoms with Crippen LogP contribution in [-0.2, 0) is 10.3 Å². The van der Waals surface area contributed by atoms with Crippen molar-refractivity contribution in [3.05, 3.63) is 72.4 Å². The van der Waals surface area contributed by atoms with Gasteiger partial charge in [-0.1, -0.05) is 68.1 Å². The van der Waals surface area contributed by atoms with Crippen LogP contribution in [0.2, 0.25) is 0 Å². The molecule has 0 aliphatic carbocycles. The number of hydrogen-bond acceptors (Lipinski definition) is 1. The maximum atomic E-state index is 5.87. The molecular weight excluding hydrogens is 220 g/mol. The van der Waals surface area contributed by atoms with Gasteiger partial charge in [0.05, 0.1) is 0 Å². The van der Waals surface area contributed by atoms with E-state index in [1.165, 1.54) is 5.56 Å². The minimum atomic E-state index is -0.401. The molecule has 1 nitrogen and oxygen atoms in total. The number of allylic oxidation sites excluding steroid dienone is 3. The van der Waals surface area contributed by atoms with Gasteiger partial charge in [-0.2, -0.15) is 0 Å². The Morgan fingerprint density at radius 2 is 2.00 bits per heavy atom. The summed E-state index contributed by atoms with van der Waals surface area (Å²) in [5, 5.41) is 0. The molecule has 0 spiro atoms. The summed E-state index contributed by atoms with van der Waals surface area (Å²) in [4.78, 5) is 0. The second-order valence-corrected chi connectivity index (χ2v) is 4.11. The maximum Gasteiger partial charge on any atom is 0.117 e. The van der Waals surface area contributed by atoms with Crippen LogP contribution in [0.3, 0.4) is 0 Å². The Kier molecular flexibility index (Phi) is 5.60. The lowest BCUT2D eigenvalue weighted by atomic mass is 9.83. The summed E-state index contributed by atoms with van der Waals surface area (Å²) in [6, 6.07) is 10.3. The van der Waals surface area contributed by atoms with Crippen molar-refractivity contribution in [2.24, 2.45) is 0 Å². The first-order valence-corrected chi connectivity index (χ1v) is 6.31. The zero-order valence-corrected chi connectivity index (χ0v) is 11.5. The zero-order valence-electron chi connectivity index (χ0n) is 11.5. The number of hydrogen-bond donors (Lipinski definition) is 0. The van der Waals surface area contributed by atoms with Crippen LogP contribution in [0.25, 0.3) is 0 Å². The van der Waals surface area contributed by atoms with E-state index in [0.717, 1.165) is 12.0 Å². The van der Waals surface area contributed by atoms with Crippen LogP contribution in [0.5, 0.6) is 0 Å². The molecule has 0 aromatic heterocycles. The number of benzene rings is 1. The molecule has 0 saturated heterocycles. The molecule has 1 aromatic rings. The van der Waals surface area contributed by atoms with E-state index in [4.69, 9.17) is 4.74 Å². The Hall–Kier alpha value is -1.60. The summed E-state index contributed by atoms with van der Waals surface area (Å²) in [5.74, 6) is 0. The summed E-state index contributed by atoms with van der Waals surface area (Å²) in [5.41, 5.74) is 1.89. The fraction of sp³-hybridized carbons (Fsp3) is 0.294. The van der Waals surface area contributed by atoms with E-state index in [-0.39, 0.29) is 0 Å². The lowest BCUT2D eigenvalue weighted by molar-refractivity contribution is 0.0180. The zero-order chi connectivity index (χ0) is 13.4. The van der Waals surface area contributed by atoms with Crippen molar-refractivity contribution in [1.82, 2.24) is 0 Å². The minimum absolute atomic E-state index is 0.401. The molecule has 1 heteroatoms. The summed E-state index contributed by atoms with van der Waals surface area (Å²) < 4.78 is 5.87. The van der Waals surface area contributed by atoms with Crippen LogP contribution in [0.15, 0.2) is 66.8 Å². The van der Waals surface area contributed by atoms with Crippen molar-refractivity contribution >= 4 is 0 Å². The van der Waals surface area contributed by atoms with Crippen molar-refractivity contribution in [3.63, 3.8) is 0 Å². The molecule has 1 rings (SSSR count). The maximum absolute atomic E-state index is 5.87. The largest absolute Gasteiger partial charge is 0.369 e. The Balaban J connectivity index is 3.38. The lowest BCUT2D eigenvalue weighted by Crippen LogP contribution is -2.29. The SMILES string of the molecule is C=C/C=C(\C=C/C)C(CC)(OC)c1ccccc1. The Morgan fingerprint density at radius 3 is 2.44 bits per heavy atom. The van der Waals surface area contributed by atoms with Crippen molar-refractivity contribution < 1.29 is 4.74 Å². The quantitative estimate of drug-likeness (QED) is 0.661. The third kappa shape index (κ3) is 2.80. The summed E-state index contributed by atoms with van der Waals surface area (Å²) in [6.07, 6.45) is 8.81. The monoisotopic (exact) mass is 242 g/mol. The molecule has 18 heavy (non-hydrogen) atoms. The predicted molar refractivity (Wildman–Crippen MR) is 78.5 cm³/mol. The van der Waals surface area contributed by atoms with Gasteiger partial charge in [0.1, 0.15) is 5.60 Å². The highest BCUT2D eigenvalue weighted by atomic mass is 16.5. The van der Waals surface area contributed by atoms with Crippen molar-refractivity contribution in [3.8, 4) is 0 Å². The topological polar surface area (TPSA) is 9.23 Å². The number of methoxy groups -OCH3 is 1. The molecule has 0 fully saturated rings. The normalized spacial score (nSPS) is 15.6. The first-order valence-electron chi connectivity index (χ1n) is 6.31. The van der Waals surface area contributed by atoms with Gasteiger partial charge in [0, 0.05) is 7.11 Å². The molecule has 0 aliphatic rings. The average molecular weight is 242 g/mol. The van der Waals surface area contributed by atoms with Gasteiger partial charge in [0.25, 0.3) is 0 Å². The van der Waals surface area contributed by atoms with Gasteiger partial charge in [-0.3, -0.25) is 0 Å². The summed E-state index contributed by atoms with van der Waals surface area (Å²) in [6.45, 7) is 7.94. The van der Waals surface area contributed by atoms with Crippen LogP contribution < -0.4 is 0 Å². The molecular formula is C17H22O. The molecule has 1 aromatic carbocycles. The molecule has 0 radical (unpaired) electrons. The van der Waals surface area contributed by atoms with Crippen LogP contribution in [-0.4, -0.2) is 7.11 Å². The second kappa shape index (κ2) is 6.97. The second-order valence-electron chi connectivity index (χ2n) is 4.11. The minimum Gasteiger partial charge on any atom is -0.369 e. The fourth-order valence-electron chi connectivity index (χ4n) is 2.29. The van der Waals surface area contributed by atoms with E-state index in [9.17, 15) is 0 Å². The highest BCUT2D eigenvalue weighted by Crippen LogP contribution is 2.37. The van der Waals surface area contributed by atoms with E-state index < -0.39 is 5.60 Å². The lowest BCUT2D eigenvalue weighted by Gasteiger charge is -2.33. The molecule has 0 amide bonds. The van der Waals surface area contributed by atoms with Crippen molar-refractivity contribution in [2.45, 2.75) is 25.9 Å². The van der Waals surface area contributed by atoms with Crippen LogP contribution >= 0.6 is 0 Å². The van der Waals surface area contributed by atoms with Crippen molar-refractivity contribution in [1.29, 1.82) is 0 Å². The first-order chi connectivity index (χ1) is 8.75. The third-order valence-corrected chi connectivity index (χ3v) is 3.20. The highest BCUT2D eigenvalue weighted by molar-refractivity contribution is 5.40. The van der Waals surface area contributed by atoms with Crippen LogP contribution in [0, 0.1) is 0 Å². The predicted octanol–water partition coefficient (Wildman–Crippen LogP) is 4.63. The summed E-state index contributed by atoms with van der Waals surface area (Å²) in [7, 11) is 1.76.